The number of hydrogen-bond donors (Lipinski definition) is 1. The summed E-state index contributed by atoms with van der Waals surface area (Å²) in [6, 6.07) is 3.69. The van der Waals surface area contributed by atoms with Crippen LogP contribution in [0.4, 0.5) is 5.82 Å². The van der Waals surface area contributed by atoms with Gasteiger partial charge in [0.05, 0.1) is 5.56 Å². The van der Waals surface area contributed by atoms with Crippen LogP contribution in [-0.4, -0.2) is 61.0 Å². The maximum absolute atomic E-state index is 11.7. The second-order valence-corrected chi connectivity index (χ2v) is 5.46. The molecule has 0 unspecified atom stereocenters. The van der Waals surface area contributed by atoms with Gasteiger partial charge in [-0.25, -0.2) is 4.98 Å². The Morgan fingerprint density at radius 1 is 1.35 bits per heavy atom. The second-order valence-electron chi connectivity index (χ2n) is 5.46. The van der Waals surface area contributed by atoms with E-state index in [4.69, 9.17) is 0 Å². The molecule has 2 rings (SSSR count). The van der Waals surface area contributed by atoms with Crippen LogP contribution >= 0.6 is 0 Å². The van der Waals surface area contributed by atoms with Crippen LogP contribution in [0.5, 0.6) is 0 Å². The Labute approximate surface area is 121 Å². The number of anilines is 1. The molecule has 1 aromatic heterocycles. The number of carbonyl (C=O) groups excluding carboxylic acids is 1. The minimum Gasteiger partial charge on any atom is -0.370 e. The molecule has 0 atom stereocenters. The lowest BCUT2D eigenvalue weighted by molar-refractivity contribution is 0.0827. The van der Waals surface area contributed by atoms with Gasteiger partial charge in [0.15, 0.2) is 0 Å². The highest BCUT2D eigenvalue weighted by molar-refractivity contribution is 5.93. The van der Waals surface area contributed by atoms with E-state index in [2.05, 4.69) is 15.2 Å². The van der Waals surface area contributed by atoms with Crippen LogP contribution in [-0.2, 0) is 0 Å². The van der Waals surface area contributed by atoms with Crippen LogP contribution < -0.4 is 5.32 Å². The van der Waals surface area contributed by atoms with Gasteiger partial charge in [-0.05, 0) is 51.0 Å². The summed E-state index contributed by atoms with van der Waals surface area (Å²) in [6.45, 7) is 4.58. The van der Waals surface area contributed by atoms with Crippen molar-refractivity contribution in [2.45, 2.75) is 19.3 Å². The molecule has 1 amide bonds. The summed E-state index contributed by atoms with van der Waals surface area (Å²) in [5.41, 5.74) is 0.623. The standard InChI is InChI=1S/C15H24N4O/c1-18(2)15(20)13-6-7-14(17-12-13)16-8-5-11-19-9-3-4-10-19/h6-7,12H,3-5,8-11H2,1-2H3,(H,16,17). The molecular formula is C15H24N4O. The summed E-state index contributed by atoms with van der Waals surface area (Å²) in [5.74, 6) is 0.819. The van der Waals surface area contributed by atoms with Crippen molar-refractivity contribution in [1.82, 2.24) is 14.8 Å². The van der Waals surface area contributed by atoms with E-state index in [1.165, 1.54) is 25.9 Å². The van der Waals surface area contributed by atoms with Crippen molar-refractivity contribution in [3.05, 3.63) is 23.9 Å². The molecule has 1 fully saturated rings. The molecule has 0 spiro atoms. The van der Waals surface area contributed by atoms with E-state index in [0.717, 1.165) is 25.3 Å². The zero-order chi connectivity index (χ0) is 14.4. The van der Waals surface area contributed by atoms with Crippen molar-refractivity contribution in [3.8, 4) is 0 Å². The van der Waals surface area contributed by atoms with Gasteiger partial charge >= 0.3 is 0 Å². The molecule has 0 saturated carbocycles. The minimum atomic E-state index is -0.0157. The van der Waals surface area contributed by atoms with Gasteiger partial charge in [-0.2, -0.15) is 0 Å². The van der Waals surface area contributed by atoms with Gasteiger partial charge in [0, 0.05) is 26.8 Å². The maximum atomic E-state index is 11.7. The first-order valence-electron chi connectivity index (χ1n) is 7.31. The van der Waals surface area contributed by atoms with Gasteiger partial charge in [-0.3, -0.25) is 4.79 Å². The van der Waals surface area contributed by atoms with E-state index in [0.29, 0.717) is 5.56 Å². The lowest BCUT2D eigenvalue weighted by Gasteiger charge is -2.14. The van der Waals surface area contributed by atoms with Gasteiger partial charge in [0.1, 0.15) is 5.82 Å². The average Bonchev–Trinajstić information content (AvgIpc) is 2.96. The molecule has 1 saturated heterocycles. The number of rotatable bonds is 6. The number of likely N-dealkylation sites (tertiary alicyclic amines) is 1. The minimum absolute atomic E-state index is 0.0157. The molecule has 2 heterocycles. The molecule has 110 valence electrons. The third-order valence-electron chi connectivity index (χ3n) is 3.57. The second kappa shape index (κ2) is 7.24. The van der Waals surface area contributed by atoms with Crippen LogP contribution in [0.15, 0.2) is 18.3 Å². The monoisotopic (exact) mass is 276 g/mol. The molecule has 1 aliphatic rings. The van der Waals surface area contributed by atoms with E-state index in [9.17, 15) is 4.79 Å². The smallest absolute Gasteiger partial charge is 0.254 e. The highest BCUT2D eigenvalue weighted by Gasteiger charge is 2.10. The molecule has 0 radical (unpaired) electrons. The van der Waals surface area contributed by atoms with Crippen molar-refractivity contribution in [3.63, 3.8) is 0 Å². The molecule has 20 heavy (non-hydrogen) atoms. The van der Waals surface area contributed by atoms with Crippen LogP contribution in [0.25, 0.3) is 0 Å². The van der Waals surface area contributed by atoms with Crippen LogP contribution in [0.2, 0.25) is 0 Å². The number of aromatic nitrogens is 1. The van der Waals surface area contributed by atoms with Gasteiger partial charge in [0.25, 0.3) is 5.91 Å². The van der Waals surface area contributed by atoms with E-state index in [-0.39, 0.29) is 5.91 Å². The van der Waals surface area contributed by atoms with E-state index in [1.807, 2.05) is 12.1 Å². The number of amides is 1. The Kier molecular flexibility index (Phi) is 5.35. The topological polar surface area (TPSA) is 48.5 Å². The summed E-state index contributed by atoms with van der Waals surface area (Å²) in [6.07, 6.45) is 5.44. The Balaban J connectivity index is 1.72. The molecule has 0 bridgehead atoms. The third-order valence-corrected chi connectivity index (χ3v) is 3.57. The zero-order valence-corrected chi connectivity index (χ0v) is 12.4. The first kappa shape index (κ1) is 14.8. The molecule has 0 aromatic carbocycles. The molecule has 1 aromatic rings. The Hall–Kier alpha value is -1.62. The van der Waals surface area contributed by atoms with Crippen molar-refractivity contribution in [1.29, 1.82) is 0 Å². The van der Waals surface area contributed by atoms with Crippen molar-refractivity contribution >= 4 is 11.7 Å². The van der Waals surface area contributed by atoms with Crippen LogP contribution in [0.3, 0.4) is 0 Å². The highest BCUT2D eigenvalue weighted by atomic mass is 16.2. The summed E-state index contributed by atoms with van der Waals surface area (Å²) >= 11 is 0. The van der Waals surface area contributed by atoms with E-state index < -0.39 is 0 Å². The number of pyridine rings is 1. The fourth-order valence-corrected chi connectivity index (χ4v) is 2.41. The number of carbonyl (C=O) groups is 1. The average molecular weight is 276 g/mol. The van der Waals surface area contributed by atoms with Gasteiger partial charge < -0.3 is 15.1 Å². The predicted molar refractivity (Wildman–Crippen MR) is 81.0 cm³/mol. The molecule has 1 N–H and O–H groups in total. The van der Waals surface area contributed by atoms with Crippen LogP contribution in [0, 0.1) is 0 Å². The number of hydrogen-bond acceptors (Lipinski definition) is 4. The predicted octanol–water partition coefficient (Wildman–Crippen LogP) is 1.68. The van der Waals surface area contributed by atoms with E-state index in [1.54, 1.807) is 25.2 Å². The normalized spacial score (nSPS) is 15.3. The Morgan fingerprint density at radius 2 is 2.10 bits per heavy atom. The number of nitrogens with zero attached hydrogens (tertiary/aromatic N) is 3. The lowest BCUT2D eigenvalue weighted by atomic mass is 10.2. The first-order valence-corrected chi connectivity index (χ1v) is 7.31. The summed E-state index contributed by atoms with van der Waals surface area (Å²) in [5, 5.41) is 3.30. The fraction of sp³-hybridized carbons (Fsp3) is 0.600. The van der Waals surface area contributed by atoms with Crippen molar-refractivity contribution < 1.29 is 4.79 Å². The summed E-state index contributed by atoms with van der Waals surface area (Å²) < 4.78 is 0. The van der Waals surface area contributed by atoms with Gasteiger partial charge in [-0.15, -0.1) is 0 Å². The van der Waals surface area contributed by atoms with Crippen LogP contribution in [0.1, 0.15) is 29.6 Å². The SMILES string of the molecule is CN(C)C(=O)c1ccc(NCCCN2CCCC2)nc1. The van der Waals surface area contributed by atoms with Gasteiger partial charge in [0.2, 0.25) is 0 Å². The zero-order valence-electron chi connectivity index (χ0n) is 12.4. The van der Waals surface area contributed by atoms with Gasteiger partial charge in [-0.1, -0.05) is 0 Å². The fourth-order valence-electron chi connectivity index (χ4n) is 2.41. The highest BCUT2D eigenvalue weighted by Crippen LogP contribution is 2.09. The maximum Gasteiger partial charge on any atom is 0.254 e. The molecule has 0 aliphatic carbocycles. The summed E-state index contributed by atoms with van der Waals surface area (Å²) in [7, 11) is 3.49. The Morgan fingerprint density at radius 3 is 2.70 bits per heavy atom. The number of nitrogens with one attached hydrogen (secondary N) is 1. The van der Waals surface area contributed by atoms with E-state index >= 15 is 0 Å². The molecule has 5 heteroatoms. The largest absolute Gasteiger partial charge is 0.370 e. The first-order chi connectivity index (χ1) is 9.66. The quantitative estimate of drug-likeness (QED) is 0.803. The van der Waals surface area contributed by atoms with Crippen molar-refractivity contribution in [2.24, 2.45) is 0 Å². The van der Waals surface area contributed by atoms with Crippen molar-refractivity contribution in [2.75, 3.05) is 45.6 Å². The lowest BCUT2D eigenvalue weighted by Crippen LogP contribution is -2.22. The Bertz CT molecular complexity index is 424. The molecule has 5 nitrogen and oxygen atoms in total. The molecular weight excluding hydrogens is 252 g/mol. The summed E-state index contributed by atoms with van der Waals surface area (Å²) in [4.78, 5) is 20.1. The molecule has 1 aliphatic heterocycles. The third kappa shape index (κ3) is 4.20.